The van der Waals surface area contributed by atoms with Crippen molar-refractivity contribution in [3.05, 3.63) is 29.8 Å². The van der Waals surface area contributed by atoms with Crippen LogP contribution in [0.15, 0.2) is 24.3 Å². The monoisotopic (exact) mass is 406 g/mol. The van der Waals surface area contributed by atoms with Crippen molar-refractivity contribution in [3.63, 3.8) is 0 Å². The maximum atomic E-state index is 8.60. The van der Waals surface area contributed by atoms with Gasteiger partial charge in [0.1, 0.15) is 5.75 Å². The van der Waals surface area contributed by atoms with Crippen molar-refractivity contribution in [1.29, 1.82) is 0 Å². The second kappa shape index (κ2) is 12.5. The number of benzene rings is 1. The summed E-state index contributed by atoms with van der Waals surface area (Å²) in [6, 6.07) is 8.61. The van der Waals surface area contributed by atoms with E-state index in [4.69, 9.17) is 23.4 Å². The lowest BCUT2D eigenvalue weighted by Gasteiger charge is -2.39. The molecule has 1 aromatic rings. The topological polar surface area (TPSA) is 105 Å². The van der Waals surface area contributed by atoms with Gasteiger partial charge < -0.3 is 9.64 Å². The number of hydrogen-bond acceptors (Lipinski definition) is 7. The van der Waals surface area contributed by atoms with Gasteiger partial charge in [0.25, 0.3) is 0 Å². The average molecular weight is 407 g/mol. The fourth-order valence-corrected chi connectivity index (χ4v) is 2.74. The molecule has 0 amide bonds. The van der Waals surface area contributed by atoms with E-state index >= 15 is 0 Å². The summed E-state index contributed by atoms with van der Waals surface area (Å²) < 4.78 is 38.6. The second-order valence-corrected chi connectivity index (χ2v) is 8.03. The molecule has 0 saturated heterocycles. The third kappa shape index (κ3) is 12.2. The molecule has 0 aliphatic carbocycles. The highest BCUT2D eigenvalue weighted by molar-refractivity contribution is 5.32. The molecule has 0 bridgehead atoms. The minimum atomic E-state index is -4.69. The van der Waals surface area contributed by atoms with E-state index in [1.54, 1.807) is 0 Å². The molecule has 7 nitrogen and oxygen atoms in total. The molecular formula is C19H35ClN2O5. The van der Waals surface area contributed by atoms with Crippen LogP contribution in [0, 0.1) is 10.2 Å². The maximum Gasteiger partial charge on any atom is 0.119 e. The van der Waals surface area contributed by atoms with Crippen molar-refractivity contribution in [2.24, 2.45) is 0 Å². The van der Waals surface area contributed by atoms with Crippen molar-refractivity contribution in [1.82, 2.24) is 9.80 Å². The first kappa shape index (κ1) is 26.1. The van der Waals surface area contributed by atoms with Crippen molar-refractivity contribution < 1.29 is 33.6 Å². The minimum absolute atomic E-state index is 0.00313. The van der Waals surface area contributed by atoms with Crippen molar-refractivity contribution in [2.45, 2.75) is 45.1 Å². The Labute approximate surface area is 165 Å². The predicted molar refractivity (Wildman–Crippen MR) is 97.9 cm³/mol. The summed E-state index contributed by atoms with van der Waals surface area (Å²) in [5.41, 5.74) is 1.33. The smallest absolute Gasteiger partial charge is 0.119 e. The highest BCUT2D eigenvalue weighted by Gasteiger charge is 2.29. The highest BCUT2D eigenvalue weighted by Crippen LogP contribution is 2.28. The molecule has 158 valence electrons. The molecule has 27 heavy (non-hydrogen) atoms. The summed E-state index contributed by atoms with van der Waals surface area (Å²) in [7, 11) is 3.83. The Kier molecular flexibility index (Phi) is 12.1. The number of halogens is 1. The first-order chi connectivity index (χ1) is 12.4. The Hall–Kier alpha value is -0.930. The molecule has 8 heteroatoms. The van der Waals surface area contributed by atoms with Gasteiger partial charge in [-0.15, -0.1) is 0 Å². The average Bonchev–Trinajstić information content (AvgIpc) is 2.52. The van der Waals surface area contributed by atoms with E-state index in [0.29, 0.717) is 0 Å². The number of ether oxygens (including phenoxy) is 1. The second-order valence-electron chi connectivity index (χ2n) is 7.24. The Morgan fingerprint density at radius 1 is 1.00 bits per heavy atom. The Bertz CT molecular complexity index is 500. The minimum Gasteiger partial charge on any atom is -0.494 e. The molecule has 1 atom stereocenters. The fourth-order valence-electron chi connectivity index (χ4n) is 2.74. The van der Waals surface area contributed by atoms with Gasteiger partial charge >= 0.3 is 0 Å². The first-order valence-electron chi connectivity index (χ1n) is 9.09. The molecule has 0 radical (unpaired) electrons. The molecule has 0 fully saturated rings. The first-order valence-corrected chi connectivity index (χ1v) is 10.3. The molecule has 0 aliphatic rings. The Morgan fingerprint density at radius 3 is 1.93 bits per heavy atom. The van der Waals surface area contributed by atoms with Crippen LogP contribution in [0.3, 0.4) is 0 Å². The van der Waals surface area contributed by atoms with Crippen LogP contribution in [0.25, 0.3) is 0 Å². The lowest BCUT2D eigenvalue weighted by atomic mass is 9.90. The Balaban J connectivity index is 0.00000119. The number of nitrogens with zero attached hydrogens (tertiary/aromatic N) is 2. The lowest BCUT2D eigenvalue weighted by molar-refractivity contribution is -1.92. The molecule has 0 aromatic heterocycles. The van der Waals surface area contributed by atoms with E-state index in [-0.39, 0.29) is 5.54 Å². The van der Waals surface area contributed by atoms with E-state index < -0.39 is 10.2 Å². The zero-order chi connectivity index (χ0) is 21.1. The SMILES string of the molecule is CCCCCCOc1ccc(C(C)(CN(C)C)N(C)C)cc1.[O-][Cl+3]([O-])([O-])O. The van der Waals surface area contributed by atoms with E-state index in [1.807, 2.05) is 0 Å². The van der Waals surface area contributed by atoms with E-state index in [9.17, 15) is 0 Å². The summed E-state index contributed by atoms with van der Waals surface area (Å²) in [6.07, 6.45) is 4.97. The molecule has 1 aromatic carbocycles. The van der Waals surface area contributed by atoms with Crippen molar-refractivity contribution in [3.8, 4) is 5.75 Å². The fraction of sp³-hybridized carbons (Fsp3) is 0.684. The van der Waals surface area contributed by atoms with Crippen molar-refractivity contribution >= 4 is 0 Å². The van der Waals surface area contributed by atoms with Gasteiger partial charge in [-0.05, 0) is 59.2 Å². The molecule has 1 rings (SSSR count). The van der Waals surface area contributed by atoms with E-state index in [2.05, 4.69) is 76.1 Å². The van der Waals surface area contributed by atoms with Crippen LogP contribution in [-0.2, 0) is 5.54 Å². The van der Waals surface area contributed by atoms with Crippen LogP contribution in [0.5, 0.6) is 5.75 Å². The third-order valence-corrected chi connectivity index (χ3v) is 4.35. The van der Waals surface area contributed by atoms with E-state index in [1.165, 1.54) is 24.8 Å². The van der Waals surface area contributed by atoms with Crippen LogP contribution < -0.4 is 18.7 Å². The maximum absolute atomic E-state index is 8.60. The van der Waals surface area contributed by atoms with Crippen LogP contribution in [0.2, 0.25) is 0 Å². The third-order valence-electron chi connectivity index (χ3n) is 4.35. The predicted octanol–water partition coefficient (Wildman–Crippen LogP) is -0.140. The summed E-state index contributed by atoms with van der Waals surface area (Å²) in [4.78, 5) is 4.52. The standard InChI is InChI=1S/C19H34N2O.ClHO4/c1-7-8-9-10-15-22-18-13-11-17(12-14-18)19(2,21(5)6)16-20(3)4;2-1(3,4)5/h11-14H,7-10,15-16H2,1-6H3;(H,2,3,4,5). The quantitative estimate of drug-likeness (QED) is 0.539. The number of unbranched alkanes of at least 4 members (excludes halogenated alkanes) is 3. The van der Waals surface area contributed by atoms with Gasteiger partial charge in [-0.2, -0.15) is 14.0 Å². The molecule has 1 unspecified atom stereocenters. The zero-order valence-electron chi connectivity index (χ0n) is 17.4. The molecule has 0 heterocycles. The van der Waals surface area contributed by atoms with Gasteiger partial charge in [0.15, 0.2) is 0 Å². The molecule has 0 spiro atoms. The normalized spacial score (nSPS) is 13.9. The summed E-state index contributed by atoms with van der Waals surface area (Å²) in [5, 5.41) is 0. The lowest BCUT2D eigenvalue weighted by Crippen LogP contribution is -2.58. The number of likely N-dealkylation sites (N-methyl/N-ethyl adjacent to an activating group) is 2. The summed E-state index contributed by atoms with van der Waals surface area (Å²) in [5.74, 6) is 0.978. The molecule has 0 aliphatic heterocycles. The number of rotatable bonds is 10. The van der Waals surface area contributed by atoms with Crippen LogP contribution in [0.1, 0.15) is 45.1 Å². The Morgan fingerprint density at radius 2 is 1.52 bits per heavy atom. The molecule has 1 N–H and O–H groups in total. The summed E-state index contributed by atoms with van der Waals surface area (Å²) >= 11 is 0. The number of hydrogen-bond donors (Lipinski definition) is 1. The zero-order valence-corrected chi connectivity index (χ0v) is 18.2. The largest absolute Gasteiger partial charge is 0.494 e. The van der Waals surface area contributed by atoms with Gasteiger partial charge in [-0.3, -0.25) is 4.90 Å². The van der Waals surface area contributed by atoms with Crippen LogP contribution >= 0.6 is 0 Å². The highest BCUT2D eigenvalue weighted by atomic mass is 35.7. The van der Waals surface area contributed by atoms with E-state index in [0.717, 1.165) is 25.3 Å². The van der Waals surface area contributed by atoms with Gasteiger partial charge in [0.05, 0.1) is 27.0 Å². The molecular weight excluding hydrogens is 372 g/mol. The van der Waals surface area contributed by atoms with Gasteiger partial charge in [-0.25, -0.2) is 0 Å². The van der Waals surface area contributed by atoms with Gasteiger partial charge in [0, 0.05) is 6.54 Å². The van der Waals surface area contributed by atoms with Crippen LogP contribution in [-0.4, -0.2) is 55.8 Å². The summed E-state index contributed by atoms with van der Waals surface area (Å²) in [6.45, 7) is 6.32. The van der Waals surface area contributed by atoms with Crippen LogP contribution in [0.4, 0.5) is 0 Å². The van der Waals surface area contributed by atoms with Gasteiger partial charge in [-0.1, -0.05) is 38.3 Å². The molecule has 0 saturated carbocycles. The van der Waals surface area contributed by atoms with Crippen molar-refractivity contribution in [2.75, 3.05) is 41.3 Å². The van der Waals surface area contributed by atoms with Gasteiger partial charge in [0.2, 0.25) is 0 Å².